The number of amides is 1. The molecule has 0 aliphatic carbocycles. The van der Waals surface area contributed by atoms with E-state index in [0.717, 1.165) is 11.8 Å². The van der Waals surface area contributed by atoms with Gasteiger partial charge in [0.15, 0.2) is 22.2 Å². The molecule has 1 unspecified atom stereocenters. The molecule has 210 valence electrons. The van der Waals surface area contributed by atoms with Crippen molar-refractivity contribution in [2.75, 3.05) is 38.3 Å². The van der Waals surface area contributed by atoms with Crippen LogP contribution in [0, 0.1) is 5.82 Å². The molecule has 0 saturated heterocycles. The molecule has 0 N–H and O–H groups in total. The molecule has 14 heteroatoms. The standard InChI is InChI=1S/C21H28ClF4N5O3S.C2H6/c1-8-11(21(24,25)26)33-17-12-14(13(23)15(22)28-17)27-18(35-7)29-16(12)30(5)9-10-31(6)19(32)34-20(2,3)4;1-2/h11H,8-10H2,1-7H3;1-2H3. The van der Waals surface area contributed by atoms with Crippen LogP contribution in [-0.4, -0.2) is 77.3 Å². The zero-order chi connectivity index (χ0) is 28.7. The average Bonchev–Trinajstić information content (AvgIpc) is 2.82. The van der Waals surface area contributed by atoms with Gasteiger partial charge in [-0.2, -0.15) is 18.2 Å². The van der Waals surface area contributed by atoms with Crippen molar-refractivity contribution in [3.05, 3.63) is 11.0 Å². The topological polar surface area (TPSA) is 80.7 Å². The fourth-order valence-electron chi connectivity index (χ4n) is 2.88. The third kappa shape index (κ3) is 8.91. The van der Waals surface area contributed by atoms with Crippen LogP contribution in [0.3, 0.4) is 0 Å². The first kappa shape index (κ1) is 32.7. The monoisotopic (exact) mass is 571 g/mol. The van der Waals surface area contributed by atoms with Gasteiger partial charge in [-0.15, -0.1) is 0 Å². The summed E-state index contributed by atoms with van der Waals surface area (Å²) in [5, 5.41) is -0.668. The first-order chi connectivity index (χ1) is 17.1. The molecule has 2 aromatic rings. The van der Waals surface area contributed by atoms with E-state index < -0.39 is 47.2 Å². The van der Waals surface area contributed by atoms with E-state index in [1.807, 2.05) is 13.8 Å². The smallest absolute Gasteiger partial charge is 0.425 e. The summed E-state index contributed by atoms with van der Waals surface area (Å²) in [5.74, 6) is -1.47. The van der Waals surface area contributed by atoms with Crippen molar-refractivity contribution in [3.63, 3.8) is 0 Å². The molecule has 1 amide bonds. The molecule has 0 aromatic carbocycles. The summed E-state index contributed by atoms with van der Waals surface area (Å²) >= 11 is 6.97. The molecule has 0 saturated carbocycles. The highest BCUT2D eigenvalue weighted by molar-refractivity contribution is 7.98. The summed E-state index contributed by atoms with van der Waals surface area (Å²) in [6.07, 6.45) is -6.18. The molecule has 0 radical (unpaired) electrons. The van der Waals surface area contributed by atoms with E-state index in [1.165, 1.54) is 18.9 Å². The van der Waals surface area contributed by atoms with E-state index in [-0.39, 0.29) is 35.0 Å². The van der Waals surface area contributed by atoms with Gasteiger partial charge in [-0.25, -0.2) is 19.2 Å². The zero-order valence-electron chi connectivity index (χ0n) is 22.5. The van der Waals surface area contributed by atoms with Gasteiger partial charge in [-0.1, -0.05) is 44.1 Å². The van der Waals surface area contributed by atoms with Crippen LogP contribution in [-0.2, 0) is 4.74 Å². The van der Waals surface area contributed by atoms with Crippen molar-refractivity contribution >= 4 is 46.2 Å². The fraction of sp³-hybridized carbons (Fsp3) is 0.652. The summed E-state index contributed by atoms with van der Waals surface area (Å²) in [7, 11) is 3.13. The van der Waals surface area contributed by atoms with E-state index in [4.69, 9.17) is 21.1 Å². The van der Waals surface area contributed by atoms with Crippen molar-refractivity contribution in [3.8, 4) is 5.88 Å². The number of carbonyl (C=O) groups excluding carboxylic acids is 1. The molecular weight excluding hydrogens is 538 g/mol. The van der Waals surface area contributed by atoms with Crippen molar-refractivity contribution in [2.45, 2.75) is 71.0 Å². The van der Waals surface area contributed by atoms with Gasteiger partial charge < -0.3 is 19.3 Å². The van der Waals surface area contributed by atoms with Crippen LogP contribution < -0.4 is 9.64 Å². The van der Waals surface area contributed by atoms with Crippen LogP contribution in [0.2, 0.25) is 5.15 Å². The summed E-state index contributed by atoms with van der Waals surface area (Å²) in [4.78, 5) is 27.3. The molecule has 0 fully saturated rings. The SMILES string of the molecule is CC.CCC(Oc1nc(Cl)c(F)c2nc(SC)nc(N(C)CCN(C)C(=O)OC(C)(C)C)c12)C(F)(F)F. The summed E-state index contributed by atoms with van der Waals surface area (Å²) in [5.41, 5.74) is -1.00. The lowest BCUT2D eigenvalue weighted by Gasteiger charge is -2.27. The Hall–Kier alpha value is -2.28. The zero-order valence-corrected chi connectivity index (χ0v) is 24.0. The van der Waals surface area contributed by atoms with E-state index in [2.05, 4.69) is 15.0 Å². The molecule has 2 rings (SSSR count). The number of ether oxygens (including phenoxy) is 2. The van der Waals surface area contributed by atoms with Gasteiger partial charge in [0.25, 0.3) is 0 Å². The van der Waals surface area contributed by atoms with Crippen LogP contribution in [0.5, 0.6) is 5.88 Å². The molecule has 1 atom stereocenters. The number of hydrogen-bond acceptors (Lipinski definition) is 8. The van der Waals surface area contributed by atoms with Crippen molar-refractivity contribution in [1.29, 1.82) is 0 Å². The Labute approximate surface area is 224 Å². The lowest BCUT2D eigenvalue weighted by molar-refractivity contribution is -0.196. The largest absolute Gasteiger partial charge is 0.464 e. The molecule has 0 aliphatic heterocycles. The predicted molar refractivity (Wildman–Crippen MR) is 138 cm³/mol. The van der Waals surface area contributed by atoms with Crippen LogP contribution in [0.1, 0.15) is 48.0 Å². The van der Waals surface area contributed by atoms with Gasteiger partial charge in [0.1, 0.15) is 22.3 Å². The van der Waals surface area contributed by atoms with Crippen LogP contribution in [0.15, 0.2) is 5.16 Å². The lowest BCUT2D eigenvalue weighted by Crippen LogP contribution is -2.38. The second kappa shape index (κ2) is 13.5. The molecule has 0 bridgehead atoms. The predicted octanol–water partition coefficient (Wildman–Crippen LogP) is 6.59. The Morgan fingerprint density at radius 1 is 1.11 bits per heavy atom. The number of hydrogen-bond donors (Lipinski definition) is 0. The number of carbonyl (C=O) groups is 1. The second-order valence-electron chi connectivity index (χ2n) is 8.66. The number of aromatic nitrogens is 3. The molecular formula is C23H34ClF4N5O3S. The Bertz CT molecular complexity index is 1070. The maximum atomic E-state index is 14.9. The van der Waals surface area contributed by atoms with Crippen molar-refractivity contribution in [2.24, 2.45) is 0 Å². The number of rotatable bonds is 8. The summed E-state index contributed by atoms with van der Waals surface area (Å²) < 4.78 is 65.6. The number of fused-ring (bicyclic) bond motifs is 1. The average molecular weight is 572 g/mol. The van der Waals surface area contributed by atoms with Crippen LogP contribution in [0.4, 0.5) is 28.2 Å². The Morgan fingerprint density at radius 3 is 2.19 bits per heavy atom. The Kier molecular flexibility index (Phi) is 11.9. The minimum absolute atomic E-state index is 0.0760. The van der Waals surface area contributed by atoms with Gasteiger partial charge in [0.05, 0.1) is 0 Å². The number of halogens is 5. The highest BCUT2D eigenvalue weighted by atomic mass is 35.5. The molecule has 8 nitrogen and oxygen atoms in total. The van der Waals surface area contributed by atoms with E-state index in [1.54, 1.807) is 39.0 Å². The third-order valence-corrected chi connectivity index (χ3v) is 5.48. The quantitative estimate of drug-likeness (QED) is 0.152. The molecule has 2 heterocycles. The first-order valence-corrected chi connectivity index (χ1v) is 13.2. The normalized spacial score (nSPS) is 12.5. The molecule has 0 aliphatic rings. The van der Waals surface area contributed by atoms with Crippen LogP contribution >= 0.6 is 23.4 Å². The fourth-order valence-corrected chi connectivity index (χ4v) is 3.41. The Morgan fingerprint density at radius 2 is 1.70 bits per heavy atom. The van der Waals surface area contributed by atoms with Crippen molar-refractivity contribution < 1.29 is 31.8 Å². The number of pyridine rings is 1. The van der Waals surface area contributed by atoms with Gasteiger partial charge in [-0.05, 0) is 33.4 Å². The molecule has 0 spiro atoms. The van der Waals surface area contributed by atoms with Gasteiger partial charge >= 0.3 is 12.3 Å². The summed E-state index contributed by atoms with van der Waals surface area (Å²) in [6.45, 7) is 10.9. The Balaban J connectivity index is 0.00000334. The number of anilines is 1. The third-order valence-electron chi connectivity index (χ3n) is 4.68. The van der Waals surface area contributed by atoms with E-state index in [9.17, 15) is 22.4 Å². The van der Waals surface area contributed by atoms with Crippen molar-refractivity contribution in [1.82, 2.24) is 19.9 Å². The maximum Gasteiger partial charge on any atom is 0.425 e. The lowest BCUT2D eigenvalue weighted by atomic mass is 10.2. The molecule has 37 heavy (non-hydrogen) atoms. The first-order valence-electron chi connectivity index (χ1n) is 11.6. The summed E-state index contributed by atoms with van der Waals surface area (Å²) in [6, 6.07) is 0. The number of thioether (sulfide) groups is 1. The second-order valence-corrected chi connectivity index (χ2v) is 9.79. The molecule has 2 aromatic heterocycles. The number of alkyl halides is 3. The number of nitrogens with zero attached hydrogens (tertiary/aromatic N) is 5. The van der Waals surface area contributed by atoms with Gasteiger partial charge in [0, 0.05) is 27.2 Å². The van der Waals surface area contributed by atoms with Gasteiger partial charge in [0.2, 0.25) is 5.88 Å². The highest BCUT2D eigenvalue weighted by Gasteiger charge is 2.41. The highest BCUT2D eigenvalue weighted by Crippen LogP contribution is 2.38. The minimum Gasteiger partial charge on any atom is -0.464 e. The number of likely N-dealkylation sites (N-methyl/N-ethyl adjacent to an activating group) is 2. The van der Waals surface area contributed by atoms with Crippen LogP contribution in [0.25, 0.3) is 10.9 Å². The minimum atomic E-state index is -4.69. The van der Waals surface area contributed by atoms with Gasteiger partial charge in [-0.3, -0.25) is 0 Å². The maximum absolute atomic E-state index is 14.9. The van der Waals surface area contributed by atoms with E-state index in [0.29, 0.717) is 0 Å². The van der Waals surface area contributed by atoms with E-state index >= 15 is 0 Å².